The van der Waals surface area contributed by atoms with E-state index >= 15 is 0 Å². The molecule has 178 valence electrons. The molecule has 1 aliphatic rings. The van der Waals surface area contributed by atoms with Crippen molar-refractivity contribution >= 4 is 34.0 Å². The Morgan fingerprint density at radius 3 is 2.44 bits per heavy atom. The molecular formula is C23H23N3O8. The molecule has 4 atom stereocenters. The number of nitrogens with zero attached hydrogens (tertiary/aromatic N) is 1. The summed E-state index contributed by atoms with van der Waals surface area (Å²) in [5, 5.41) is 61.0. The minimum Gasteiger partial charge on any atom is -0.494 e. The van der Waals surface area contributed by atoms with Crippen LogP contribution in [0, 0.1) is 0 Å². The number of hydrogen-bond donors (Lipinski definition) is 8. The quantitative estimate of drug-likeness (QED) is 0.213. The zero-order chi connectivity index (χ0) is 24.6. The first-order chi connectivity index (χ1) is 16.2. The number of carbonyl (C=O) groups is 2. The van der Waals surface area contributed by atoms with Crippen LogP contribution < -0.4 is 5.32 Å². The average Bonchev–Trinajstić information content (AvgIpc) is 3.35. The number of amides is 1. The highest BCUT2D eigenvalue weighted by atomic mass is 16.4. The number of ketones is 1. The van der Waals surface area contributed by atoms with Crippen LogP contribution in [0.4, 0.5) is 5.69 Å². The fraction of sp³-hybridized carbons (Fsp3) is 0.261. The number of aliphatic imine (C=N–C) groups is 1. The molecule has 3 aromatic rings. The summed E-state index contributed by atoms with van der Waals surface area (Å²) in [6.07, 6.45) is -6.91. The molecule has 0 radical (unpaired) electrons. The monoisotopic (exact) mass is 469 g/mol. The topological polar surface area (TPSA) is 196 Å². The Morgan fingerprint density at radius 2 is 1.74 bits per heavy atom. The number of aromatic nitrogens is 1. The maximum absolute atomic E-state index is 12.8. The molecule has 0 saturated heterocycles. The van der Waals surface area contributed by atoms with E-state index in [0.29, 0.717) is 22.2 Å². The van der Waals surface area contributed by atoms with Crippen LogP contribution in [0.1, 0.15) is 26.3 Å². The number of H-pyrrole nitrogens is 1. The summed E-state index contributed by atoms with van der Waals surface area (Å²) in [7, 11) is 0. The molecule has 34 heavy (non-hydrogen) atoms. The largest absolute Gasteiger partial charge is 0.494 e. The standard InChI is InChI=1S/C23H23N3O8/c27-9-16(29)21(32)20(31)15(28)8-24-22(33)10-5-6-14-12(7-10)17(23(34)26-14)18-19(30)11-3-1-2-4-13(11)25-18/h1-7,15-16,20-21,26-29,31-32,34H,8-9H2,(H,24,33)/t15-,16+,20+,21+/m0/s1. The van der Waals surface area contributed by atoms with E-state index in [-0.39, 0.29) is 28.5 Å². The number of aromatic hydroxyl groups is 1. The van der Waals surface area contributed by atoms with Crippen LogP contribution in [0.5, 0.6) is 5.88 Å². The smallest absolute Gasteiger partial charge is 0.251 e. The van der Waals surface area contributed by atoms with Crippen LogP contribution in [0.25, 0.3) is 10.9 Å². The van der Waals surface area contributed by atoms with Gasteiger partial charge in [0.15, 0.2) is 5.88 Å². The maximum Gasteiger partial charge on any atom is 0.251 e. The molecule has 11 nitrogen and oxygen atoms in total. The summed E-state index contributed by atoms with van der Waals surface area (Å²) in [5.74, 6) is -1.27. The first kappa shape index (κ1) is 23.5. The zero-order valence-corrected chi connectivity index (χ0v) is 17.7. The zero-order valence-electron chi connectivity index (χ0n) is 17.7. The van der Waals surface area contributed by atoms with Gasteiger partial charge in [-0.25, -0.2) is 4.99 Å². The van der Waals surface area contributed by atoms with Crippen molar-refractivity contribution in [3.8, 4) is 5.88 Å². The molecule has 2 heterocycles. The van der Waals surface area contributed by atoms with Gasteiger partial charge in [0, 0.05) is 28.6 Å². The van der Waals surface area contributed by atoms with Gasteiger partial charge in [-0.05, 0) is 30.3 Å². The second-order valence-electron chi connectivity index (χ2n) is 7.92. The summed E-state index contributed by atoms with van der Waals surface area (Å²) in [6.45, 7) is -1.28. The summed E-state index contributed by atoms with van der Waals surface area (Å²) in [6, 6.07) is 11.2. The molecule has 2 aromatic carbocycles. The lowest BCUT2D eigenvalue weighted by Gasteiger charge is -2.25. The highest BCUT2D eigenvalue weighted by Crippen LogP contribution is 2.35. The predicted molar refractivity (Wildman–Crippen MR) is 120 cm³/mol. The van der Waals surface area contributed by atoms with E-state index in [4.69, 9.17) is 5.11 Å². The van der Waals surface area contributed by atoms with Crippen molar-refractivity contribution in [2.75, 3.05) is 13.2 Å². The molecule has 0 aliphatic carbocycles. The molecule has 11 heteroatoms. The van der Waals surface area contributed by atoms with Crippen molar-refractivity contribution in [1.82, 2.24) is 10.3 Å². The van der Waals surface area contributed by atoms with Gasteiger partial charge < -0.3 is 40.9 Å². The van der Waals surface area contributed by atoms with Crippen molar-refractivity contribution in [1.29, 1.82) is 0 Å². The average molecular weight is 469 g/mol. The summed E-state index contributed by atoms with van der Waals surface area (Å²) in [5.41, 5.74) is 1.67. The molecule has 0 bridgehead atoms. The number of fused-ring (bicyclic) bond motifs is 2. The Bertz CT molecular complexity index is 1280. The second kappa shape index (κ2) is 9.33. The van der Waals surface area contributed by atoms with E-state index in [0.717, 1.165) is 0 Å². The molecule has 1 aromatic heterocycles. The van der Waals surface area contributed by atoms with Gasteiger partial charge in [-0.15, -0.1) is 0 Å². The van der Waals surface area contributed by atoms with Gasteiger partial charge in [-0.2, -0.15) is 0 Å². The van der Waals surface area contributed by atoms with Crippen LogP contribution in [0.2, 0.25) is 0 Å². The van der Waals surface area contributed by atoms with Crippen LogP contribution in [0.3, 0.4) is 0 Å². The number of para-hydroxylation sites is 1. The van der Waals surface area contributed by atoms with Crippen molar-refractivity contribution in [3.05, 3.63) is 59.2 Å². The SMILES string of the molecule is O=C(NC[C@H](O)[C@@H](O)[C@H](O)[C@H](O)CO)c1ccc2[nH]c(O)c(C3=Nc4ccccc4C3=O)c2c1. The normalized spacial score (nSPS) is 16.6. The fourth-order valence-corrected chi connectivity index (χ4v) is 3.77. The lowest BCUT2D eigenvalue weighted by molar-refractivity contribution is -0.113. The van der Waals surface area contributed by atoms with Crippen molar-refractivity contribution < 1.29 is 40.2 Å². The number of aliphatic hydroxyl groups is 5. The lowest BCUT2D eigenvalue weighted by atomic mass is 10.0. The number of aromatic amines is 1. The Labute approximate surface area is 192 Å². The summed E-state index contributed by atoms with van der Waals surface area (Å²) >= 11 is 0. The molecule has 1 amide bonds. The van der Waals surface area contributed by atoms with E-state index < -0.39 is 43.5 Å². The van der Waals surface area contributed by atoms with Crippen molar-refractivity contribution in [2.24, 2.45) is 4.99 Å². The lowest BCUT2D eigenvalue weighted by Crippen LogP contribution is -2.49. The van der Waals surface area contributed by atoms with Gasteiger partial charge in [-0.3, -0.25) is 9.59 Å². The van der Waals surface area contributed by atoms with Crippen LogP contribution in [-0.4, -0.2) is 90.6 Å². The Balaban J connectivity index is 1.55. The van der Waals surface area contributed by atoms with Crippen molar-refractivity contribution in [3.63, 3.8) is 0 Å². The van der Waals surface area contributed by atoms with Gasteiger partial charge in [0.2, 0.25) is 5.78 Å². The second-order valence-corrected chi connectivity index (χ2v) is 7.92. The molecule has 1 aliphatic heterocycles. The van der Waals surface area contributed by atoms with Gasteiger partial charge in [0.1, 0.15) is 24.0 Å². The first-order valence-electron chi connectivity index (χ1n) is 10.4. The summed E-state index contributed by atoms with van der Waals surface area (Å²) in [4.78, 5) is 32.6. The number of hydrogen-bond acceptors (Lipinski definition) is 9. The fourth-order valence-electron chi connectivity index (χ4n) is 3.77. The number of aliphatic hydroxyl groups excluding tert-OH is 5. The number of carbonyl (C=O) groups excluding carboxylic acids is 2. The van der Waals surface area contributed by atoms with Gasteiger partial charge in [0.25, 0.3) is 5.91 Å². The first-order valence-corrected chi connectivity index (χ1v) is 10.4. The molecule has 0 fully saturated rings. The van der Waals surface area contributed by atoms with Crippen LogP contribution >= 0.6 is 0 Å². The van der Waals surface area contributed by atoms with E-state index in [1.165, 1.54) is 18.2 Å². The van der Waals surface area contributed by atoms with Gasteiger partial charge >= 0.3 is 0 Å². The summed E-state index contributed by atoms with van der Waals surface area (Å²) < 4.78 is 0. The minimum atomic E-state index is -1.81. The Hall–Kier alpha value is -3.61. The predicted octanol–water partition coefficient (Wildman–Crippen LogP) is -0.644. The molecule has 8 N–H and O–H groups in total. The number of nitrogens with one attached hydrogen (secondary N) is 2. The van der Waals surface area contributed by atoms with Gasteiger partial charge in [-0.1, -0.05) is 12.1 Å². The number of Topliss-reactive ketones (excluding diaryl/α,β-unsaturated/α-hetero) is 1. The number of benzene rings is 2. The molecule has 0 spiro atoms. The van der Waals surface area contributed by atoms with E-state index in [1.54, 1.807) is 24.3 Å². The van der Waals surface area contributed by atoms with Crippen molar-refractivity contribution in [2.45, 2.75) is 24.4 Å². The molecule has 0 unspecified atom stereocenters. The minimum absolute atomic E-state index is 0.0393. The molecule has 4 rings (SSSR count). The third-order valence-corrected chi connectivity index (χ3v) is 5.67. The third kappa shape index (κ3) is 4.18. The highest BCUT2D eigenvalue weighted by molar-refractivity contribution is 6.56. The third-order valence-electron chi connectivity index (χ3n) is 5.67. The Kier molecular flexibility index (Phi) is 6.46. The molecule has 0 saturated carbocycles. The Morgan fingerprint density at radius 1 is 1.03 bits per heavy atom. The van der Waals surface area contributed by atoms with Crippen LogP contribution in [0.15, 0.2) is 47.5 Å². The van der Waals surface area contributed by atoms with E-state index in [1.807, 2.05) is 0 Å². The highest BCUT2D eigenvalue weighted by Gasteiger charge is 2.31. The van der Waals surface area contributed by atoms with E-state index in [9.17, 15) is 35.1 Å². The number of rotatable bonds is 8. The van der Waals surface area contributed by atoms with Crippen LogP contribution in [-0.2, 0) is 0 Å². The van der Waals surface area contributed by atoms with E-state index in [2.05, 4.69) is 15.3 Å². The maximum atomic E-state index is 12.8. The molecular weight excluding hydrogens is 446 g/mol. The van der Waals surface area contributed by atoms with Gasteiger partial charge in [0.05, 0.1) is 24.0 Å².